The lowest BCUT2D eigenvalue weighted by Gasteiger charge is -2.07. The van der Waals surface area contributed by atoms with Gasteiger partial charge in [-0.05, 0) is 44.2 Å². The summed E-state index contributed by atoms with van der Waals surface area (Å²) in [5.41, 5.74) is 4.89. The Balaban J connectivity index is 1.51. The summed E-state index contributed by atoms with van der Waals surface area (Å²) in [6.07, 6.45) is 0. The summed E-state index contributed by atoms with van der Waals surface area (Å²) in [5.74, 6) is 0.734. The normalized spacial score (nSPS) is 11.2. The predicted molar refractivity (Wildman–Crippen MR) is 110 cm³/mol. The van der Waals surface area contributed by atoms with Crippen molar-refractivity contribution in [2.24, 2.45) is 0 Å². The summed E-state index contributed by atoms with van der Waals surface area (Å²) >= 11 is 0. The number of benzene rings is 2. The Bertz CT molecular complexity index is 1350. The van der Waals surface area contributed by atoms with Gasteiger partial charge in [-0.1, -0.05) is 24.3 Å². The van der Waals surface area contributed by atoms with Crippen LogP contribution in [0.15, 0.2) is 54.6 Å². The van der Waals surface area contributed by atoms with Gasteiger partial charge < -0.3 is 10.3 Å². The number of fused-ring (bicyclic) bond motifs is 2. The van der Waals surface area contributed by atoms with Gasteiger partial charge in [0.25, 0.3) is 11.7 Å². The molecule has 3 heterocycles. The minimum absolute atomic E-state index is 0.0607. The fourth-order valence-electron chi connectivity index (χ4n) is 3.32. The number of carbonyl (C=O) groups excluding carboxylic acids is 1. The second kappa shape index (κ2) is 6.52. The molecule has 0 aliphatic carbocycles. The molecular formula is C21H17N7O. The van der Waals surface area contributed by atoms with Gasteiger partial charge in [0.05, 0.1) is 16.7 Å². The number of nitrogens with one attached hydrogen (secondary N) is 2. The fraction of sp³-hybridized carbons (Fsp3) is 0.0952. The number of hydrogen-bond donors (Lipinski definition) is 2. The number of carbonyl (C=O) groups is 1. The lowest BCUT2D eigenvalue weighted by molar-refractivity contribution is 0.101. The molecule has 5 aromatic rings. The Labute approximate surface area is 165 Å². The van der Waals surface area contributed by atoms with E-state index in [1.165, 1.54) is 0 Å². The van der Waals surface area contributed by atoms with Crippen LogP contribution in [0.2, 0.25) is 0 Å². The number of anilines is 1. The van der Waals surface area contributed by atoms with Gasteiger partial charge >= 0.3 is 0 Å². The first kappa shape index (κ1) is 17.1. The second-order valence-electron chi connectivity index (χ2n) is 6.79. The molecule has 0 radical (unpaired) electrons. The molecule has 8 nitrogen and oxygen atoms in total. The van der Waals surface area contributed by atoms with Crippen LogP contribution in [0.25, 0.3) is 28.2 Å². The summed E-state index contributed by atoms with van der Waals surface area (Å²) in [4.78, 5) is 29.4. The van der Waals surface area contributed by atoms with E-state index in [0.29, 0.717) is 17.3 Å². The van der Waals surface area contributed by atoms with E-state index in [1.54, 1.807) is 4.52 Å². The van der Waals surface area contributed by atoms with Gasteiger partial charge in [0.2, 0.25) is 5.82 Å². The van der Waals surface area contributed by atoms with Crippen molar-refractivity contribution < 1.29 is 4.79 Å². The van der Waals surface area contributed by atoms with Crippen LogP contribution in [0.5, 0.6) is 0 Å². The molecule has 29 heavy (non-hydrogen) atoms. The average Bonchev–Trinajstić information content (AvgIpc) is 3.32. The number of para-hydroxylation sites is 3. The van der Waals surface area contributed by atoms with Crippen LogP contribution in [-0.4, -0.2) is 35.5 Å². The molecule has 0 bridgehead atoms. The van der Waals surface area contributed by atoms with Crippen molar-refractivity contribution in [2.45, 2.75) is 13.8 Å². The minimum Gasteiger partial charge on any atom is -0.338 e. The molecule has 2 aromatic carbocycles. The summed E-state index contributed by atoms with van der Waals surface area (Å²) in [5, 5.41) is 7.19. The number of hydrogen-bond acceptors (Lipinski definition) is 5. The Hall–Kier alpha value is -4.07. The first-order chi connectivity index (χ1) is 14.1. The highest BCUT2D eigenvalue weighted by molar-refractivity contribution is 6.04. The molecule has 3 aromatic heterocycles. The zero-order valence-corrected chi connectivity index (χ0v) is 15.8. The van der Waals surface area contributed by atoms with E-state index in [4.69, 9.17) is 0 Å². The maximum atomic E-state index is 12.8. The number of H-pyrrole nitrogens is 1. The van der Waals surface area contributed by atoms with Crippen molar-refractivity contribution >= 4 is 28.4 Å². The predicted octanol–water partition coefficient (Wildman–Crippen LogP) is 3.54. The van der Waals surface area contributed by atoms with E-state index in [0.717, 1.165) is 28.0 Å². The van der Waals surface area contributed by atoms with Crippen LogP contribution in [0, 0.1) is 13.8 Å². The van der Waals surface area contributed by atoms with E-state index >= 15 is 0 Å². The lowest BCUT2D eigenvalue weighted by Crippen LogP contribution is -2.14. The van der Waals surface area contributed by atoms with Gasteiger partial charge in [0.15, 0.2) is 0 Å². The molecule has 5 rings (SSSR count). The van der Waals surface area contributed by atoms with Gasteiger partial charge in [0.1, 0.15) is 5.82 Å². The molecule has 0 unspecified atom stereocenters. The summed E-state index contributed by atoms with van der Waals surface area (Å²) in [6, 6.07) is 17.2. The van der Waals surface area contributed by atoms with E-state index in [1.807, 2.05) is 68.4 Å². The van der Waals surface area contributed by atoms with Crippen molar-refractivity contribution in [2.75, 3.05) is 5.32 Å². The third-order valence-electron chi connectivity index (χ3n) is 4.64. The van der Waals surface area contributed by atoms with Gasteiger partial charge in [0, 0.05) is 17.0 Å². The third-order valence-corrected chi connectivity index (χ3v) is 4.64. The van der Waals surface area contributed by atoms with Gasteiger partial charge in [-0.2, -0.15) is 4.98 Å². The first-order valence-electron chi connectivity index (χ1n) is 9.15. The maximum absolute atomic E-state index is 12.8. The number of aromatic amines is 1. The van der Waals surface area contributed by atoms with Gasteiger partial charge in [-0.15, -0.1) is 5.10 Å². The molecule has 0 aliphatic rings. The Kier molecular flexibility index (Phi) is 3.83. The van der Waals surface area contributed by atoms with E-state index in [9.17, 15) is 4.79 Å². The van der Waals surface area contributed by atoms with Crippen LogP contribution in [0.1, 0.15) is 22.0 Å². The number of rotatable bonds is 3. The molecule has 8 heteroatoms. The monoisotopic (exact) mass is 383 g/mol. The summed E-state index contributed by atoms with van der Waals surface area (Å²) in [6.45, 7) is 3.78. The van der Waals surface area contributed by atoms with Crippen molar-refractivity contribution in [3.8, 4) is 11.4 Å². The number of imidazole rings is 1. The first-order valence-corrected chi connectivity index (χ1v) is 9.15. The summed E-state index contributed by atoms with van der Waals surface area (Å²) in [7, 11) is 0. The molecule has 0 saturated carbocycles. The Morgan fingerprint density at radius 3 is 2.66 bits per heavy atom. The largest absolute Gasteiger partial charge is 0.338 e. The average molecular weight is 383 g/mol. The number of nitrogens with zero attached hydrogens (tertiary/aromatic N) is 5. The van der Waals surface area contributed by atoms with E-state index in [-0.39, 0.29) is 5.82 Å². The van der Waals surface area contributed by atoms with Crippen molar-refractivity contribution in [3.05, 3.63) is 71.8 Å². The Morgan fingerprint density at radius 2 is 1.79 bits per heavy atom. The van der Waals surface area contributed by atoms with Crippen LogP contribution >= 0.6 is 0 Å². The molecule has 0 fully saturated rings. The quantitative estimate of drug-likeness (QED) is 0.496. The summed E-state index contributed by atoms with van der Waals surface area (Å²) < 4.78 is 1.56. The van der Waals surface area contributed by atoms with Crippen LogP contribution in [-0.2, 0) is 0 Å². The number of amides is 1. The molecule has 1 amide bonds. The van der Waals surface area contributed by atoms with E-state index < -0.39 is 5.91 Å². The fourth-order valence-corrected chi connectivity index (χ4v) is 3.32. The molecule has 0 aliphatic heterocycles. The van der Waals surface area contributed by atoms with E-state index in [2.05, 4.69) is 30.4 Å². The highest BCUT2D eigenvalue weighted by Crippen LogP contribution is 2.27. The zero-order chi connectivity index (χ0) is 20.0. The van der Waals surface area contributed by atoms with Crippen molar-refractivity contribution in [1.82, 2.24) is 29.5 Å². The molecule has 0 atom stereocenters. The molecule has 0 spiro atoms. The lowest BCUT2D eigenvalue weighted by atomic mass is 10.1. The van der Waals surface area contributed by atoms with Crippen molar-refractivity contribution in [1.29, 1.82) is 0 Å². The molecule has 142 valence electrons. The van der Waals surface area contributed by atoms with Crippen LogP contribution in [0.3, 0.4) is 0 Å². The molecule has 0 saturated heterocycles. The topological polar surface area (TPSA) is 101 Å². The molecular weight excluding hydrogens is 366 g/mol. The second-order valence-corrected chi connectivity index (χ2v) is 6.79. The van der Waals surface area contributed by atoms with Crippen LogP contribution < -0.4 is 5.32 Å². The van der Waals surface area contributed by atoms with Crippen molar-refractivity contribution in [3.63, 3.8) is 0 Å². The number of aromatic nitrogens is 6. The smallest absolute Gasteiger partial charge is 0.295 e. The Morgan fingerprint density at radius 1 is 1.00 bits per heavy atom. The standard InChI is InChI=1S/C21H17N7O/c1-12-11-13(2)28-21(22-12)26-19(27-28)20(29)25-15-8-4-3-7-14(15)18-23-16-9-5-6-10-17(16)24-18/h3-11H,1-2H3,(H,23,24)(H,25,29). The highest BCUT2D eigenvalue weighted by Gasteiger charge is 2.17. The maximum Gasteiger partial charge on any atom is 0.295 e. The number of aryl methyl sites for hydroxylation is 2. The van der Waals surface area contributed by atoms with Crippen LogP contribution in [0.4, 0.5) is 5.69 Å². The van der Waals surface area contributed by atoms with Gasteiger partial charge in [-0.25, -0.2) is 14.5 Å². The van der Waals surface area contributed by atoms with Gasteiger partial charge in [-0.3, -0.25) is 4.79 Å². The zero-order valence-electron chi connectivity index (χ0n) is 15.8. The highest BCUT2D eigenvalue weighted by atomic mass is 16.2. The SMILES string of the molecule is Cc1cc(C)n2nc(C(=O)Nc3ccccc3-c3nc4ccccc4[nH]3)nc2n1. The minimum atomic E-state index is -0.406. The molecule has 2 N–H and O–H groups in total. The third kappa shape index (κ3) is 3.00.